The molecular weight excluding hydrogens is 695 g/mol. The third-order valence-electron chi connectivity index (χ3n) is 10.2. The van der Waals surface area contributed by atoms with Gasteiger partial charge in [0.15, 0.2) is 0 Å². The highest BCUT2D eigenvalue weighted by atomic mass is 31.2. The number of allylic oxidation sites excluding steroid dienone is 3. The average molecular weight is 785 g/mol. The van der Waals surface area contributed by atoms with Gasteiger partial charge in [0, 0.05) is 6.42 Å². The van der Waals surface area contributed by atoms with E-state index in [9.17, 15) is 19.4 Å². The van der Waals surface area contributed by atoms with E-state index >= 15 is 0 Å². The minimum Gasteiger partial charge on any atom is -0.756 e. The Morgan fingerprint density at radius 1 is 0.630 bits per heavy atom. The molecule has 9 heteroatoms. The first-order chi connectivity index (χ1) is 26.0. The van der Waals surface area contributed by atoms with Crippen LogP contribution in [-0.4, -0.2) is 68.5 Å². The number of phosphoric ester groups is 1. The Morgan fingerprint density at radius 2 is 1.04 bits per heavy atom. The fourth-order valence-corrected chi connectivity index (χ4v) is 7.24. The van der Waals surface area contributed by atoms with E-state index in [2.05, 4.69) is 31.3 Å². The molecule has 54 heavy (non-hydrogen) atoms. The minimum atomic E-state index is -4.59. The monoisotopic (exact) mass is 785 g/mol. The van der Waals surface area contributed by atoms with Crippen LogP contribution in [0.2, 0.25) is 0 Å². The lowest BCUT2D eigenvalue weighted by Crippen LogP contribution is -2.45. The van der Waals surface area contributed by atoms with E-state index in [0.717, 1.165) is 38.5 Å². The molecule has 0 aromatic carbocycles. The minimum absolute atomic E-state index is 0.00424. The quantitative estimate of drug-likeness (QED) is 0.0277. The number of nitrogens with one attached hydrogen (secondary N) is 1. The molecule has 8 nitrogen and oxygen atoms in total. The van der Waals surface area contributed by atoms with Crippen LogP contribution < -0.4 is 10.2 Å². The number of likely N-dealkylation sites (N-methyl/N-ethyl adjacent to an activating group) is 1. The molecule has 0 heterocycles. The van der Waals surface area contributed by atoms with Crippen LogP contribution in [0.1, 0.15) is 206 Å². The summed E-state index contributed by atoms with van der Waals surface area (Å²) < 4.78 is 23.2. The van der Waals surface area contributed by atoms with Crippen LogP contribution in [0.25, 0.3) is 0 Å². The maximum Gasteiger partial charge on any atom is 0.268 e. The lowest BCUT2D eigenvalue weighted by Gasteiger charge is -2.29. The molecule has 0 saturated heterocycles. The summed E-state index contributed by atoms with van der Waals surface area (Å²) in [6, 6.07) is -0.897. The fourth-order valence-electron chi connectivity index (χ4n) is 6.52. The summed E-state index contributed by atoms with van der Waals surface area (Å²) >= 11 is 0. The molecule has 0 saturated carbocycles. The van der Waals surface area contributed by atoms with Gasteiger partial charge in [-0.15, -0.1) is 0 Å². The van der Waals surface area contributed by atoms with Crippen LogP contribution in [0.5, 0.6) is 0 Å². The Hall–Kier alpha value is -1.02. The van der Waals surface area contributed by atoms with Crippen molar-refractivity contribution in [2.75, 3.05) is 40.9 Å². The van der Waals surface area contributed by atoms with Crippen molar-refractivity contribution in [3.05, 3.63) is 24.3 Å². The number of carbonyl (C=O) groups excluding carboxylic acids is 1. The molecule has 3 atom stereocenters. The largest absolute Gasteiger partial charge is 0.756 e. The number of quaternary nitrogens is 1. The van der Waals surface area contributed by atoms with E-state index in [4.69, 9.17) is 9.05 Å². The Labute approximate surface area is 334 Å². The number of carbonyl (C=O) groups is 1. The molecule has 0 aromatic rings. The Morgan fingerprint density at radius 3 is 1.50 bits per heavy atom. The Bertz CT molecular complexity index is 938. The molecular formula is C45H89N2O6P. The number of nitrogens with zero attached hydrogens (tertiary/aromatic N) is 1. The van der Waals surface area contributed by atoms with Gasteiger partial charge in [-0.05, 0) is 32.1 Å². The van der Waals surface area contributed by atoms with Crippen LogP contribution in [-0.2, 0) is 18.4 Å². The molecule has 0 radical (unpaired) electrons. The van der Waals surface area contributed by atoms with Gasteiger partial charge in [-0.2, -0.15) is 0 Å². The van der Waals surface area contributed by atoms with Gasteiger partial charge in [0.2, 0.25) is 5.91 Å². The van der Waals surface area contributed by atoms with Gasteiger partial charge in [0.05, 0.1) is 39.9 Å². The van der Waals surface area contributed by atoms with Gasteiger partial charge < -0.3 is 28.8 Å². The van der Waals surface area contributed by atoms with Crippen LogP contribution in [0.4, 0.5) is 0 Å². The van der Waals surface area contributed by atoms with Crippen molar-refractivity contribution >= 4 is 13.7 Å². The third-order valence-corrected chi connectivity index (χ3v) is 11.1. The number of aliphatic hydroxyl groups is 1. The summed E-state index contributed by atoms with van der Waals surface area (Å²) in [6.07, 6.45) is 43.6. The zero-order valence-corrected chi connectivity index (χ0v) is 37.1. The maximum atomic E-state index is 12.8. The SMILES string of the molecule is CCCCCCCCCCCCC/C=C/CC/C=C/C(O)C(COP(=O)([O-])OCC[N+](C)(C)C)NC(=O)CCCCCCCCCCCCCCCCC. The Balaban J connectivity index is 4.45. The number of unbranched alkanes of at least 4 members (excludes halogenated alkanes) is 26. The molecule has 0 fully saturated rings. The normalized spacial score (nSPS) is 14.6. The second-order valence-electron chi connectivity index (χ2n) is 16.8. The highest BCUT2D eigenvalue weighted by Gasteiger charge is 2.23. The van der Waals surface area contributed by atoms with Crippen molar-refractivity contribution in [2.24, 2.45) is 0 Å². The van der Waals surface area contributed by atoms with Gasteiger partial charge in [0.1, 0.15) is 13.2 Å². The summed E-state index contributed by atoms with van der Waals surface area (Å²) in [5, 5.41) is 13.8. The summed E-state index contributed by atoms with van der Waals surface area (Å²) in [5.74, 6) is -0.206. The number of hydrogen-bond donors (Lipinski definition) is 2. The predicted octanol–water partition coefficient (Wildman–Crippen LogP) is 11.9. The summed E-state index contributed by atoms with van der Waals surface area (Å²) in [5.41, 5.74) is 0. The number of aliphatic hydroxyl groups excluding tert-OH is 1. The third kappa shape index (κ3) is 39.2. The van der Waals surface area contributed by atoms with Crippen LogP contribution in [0.15, 0.2) is 24.3 Å². The van der Waals surface area contributed by atoms with Gasteiger partial charge in [-0.3, -0.25) is 9.36 Å². The second kappa shape index (κ2) is 37.6. The zero-order chi connectivity index (χ0) is 40.0. The first-order valence-electron chi connectivity index (χ1n) is 22.7. The first kappa shape index (κ1) is 53.0. The average Bonchev–Trinajstić information content (AvgIpc) is 3.12. The number of hydrogen-bond acceptors (Lipinski definition) is 6. The van der Waals surface area contributed by atoms with Crippen molar-refractivity contribution in [3.8, 4) is 0 Å². The molecule has 320 valence electrons. The highest BCUT2D eigenvalue weighted by molar-refractivity contribution is 7.45. The fraction of sp³-hybridized carbons (Fsp3) is 0.889. The molecule has 0 spiro atoms. The van der Waals surface area contributed by atoms with E-state index in [1.807, 2.05) is 27.2 Å². The van der Waals surface area contributed by atoms with Gasteiger partial charge in [-0.25, -0.2) is 0 Å². The number of amides is 1. The molecule has 3 unspecified atom stereocenters. The van der Waals surface area contributed by atoms with Crippen LogP contribution >= 0.6 is 7.82 Å². The van der Waals surface area contributed by atoms with Gasteiger partial charge >= 0.3 is 0 Å². The molecule has 0 aromatic heterocycles. The van der Waals surface area contributed by atoms with Crippen molar-refractivity contribution < 1.29 is 32.9 Å². The van der Waals surface area contributed by atoms with Crippen molar-refractivity contribution in [3.63, 3.8) is 0 Å². The van der Waals surface area contributed by atoms with Crippen molar-refractivity contribution in [1.82, 2.24) is 5.32 Å². The van der Waals surface area contributed by atoms with Gasteiger partial charge in [-0.1, -0.05) is 192 Å². The van der Waals surface area contributed by atoms with E-state index < -0.39 is 20.0 Å². The standard InChI is InChI=1S/C45H89N2O6P/c1-6-8-10-12-14-16-18-20-22-23-25-26-28-30-32-34-36-38-44(48)43(42-53-54(50,51)52-41-40-47(3,4)5)46-45(49)39-37-35-33-31-29-27-24-21-19-17-15-13-11-9-7-2/h28,30,36,38,43-44,48H,6-27,29,31-35,37,39-42H2,1-5H3,(H-,46,49,50,51)/b30-28+,38-36+. The molecule has 0 aliphatic rings. The number of phosphoric acid groups is 1. The zero-order valence-electron chi connectivity index (χ0n) is 36.2. The van der Waals surface area contributed by atoms with Crippen LogP contribution in [0.3, 0.4) is 0 Å². The van der Waals surface area contributed by atoms with Gasteiger partial charge in [0.25, 0.3) is 7.82 Å². The molecule has 1 amide bonds. The Kier molecular flexibility index (Phi) is 36.8. The van der Waals surface area contributed by atoms with Crippen molar-refractivity contribution in [1.29, 1.82) is 0 Å². The van der Waals surface area contributed by atoms with Crippen LogP contribution in [0, 0.1) is 0 Å². The lowest BCUT2D eigenvalue weighted by molar-refractivity contribution is -0.870. The summed E-state index contributed by atoms with van der Waals surface area (Å²) in [6.45, 7) is 4.63. The highest BCUT2D eigenvalue weighted by Crippen LogP contribution is 2.38. The maximum absolute atomic E-state index is 12.8. The smallest absolute Gasteiger partial charge is 0.268 e. The molecule has 0 rings (SSSR count). The predicted molar refractivity (Wildman–Crippen MR) is 228 cm³/mol. The molecule has 0 aliphatic heterocycles. The molecule has 0 aliphatic carbocycles. The second-order valence-corrected chi connectivity index (χ2v) is 18.2. The first-order valence-corrected chi connectivity index (χ1v) is 24.2. The topological polar surface area (TPSA) is 108 Å². The lowest BCUT2D eigenvalue weighted by atomic mass is 10.0. The van der Waals surface area contributed by atoms with E-state index in [-0.39, 0.29) is 19.1 Å². The van der Waals surface area contributed by atoms with Crippen molar-refractivity contribution in [2.45, 2.75) is 219 Å². The van der Waals surface area contributed by atoms with E-state index in [1.165, 1.54) is 148 Å². The summed E-state index contributed by atoms with van der Waals surface area (Å²) in [7, 11) is 1.25. The molecule has 0 bridgehead atoms. The molecule has 2 N–H and O–H groups in total. The van der Waals surface area contributed by atoms with E-state index in [0.29, 0.717) is 17.4 Å². The van der Waals surface area contributed by atoms with E-state index in [1.54, 1.807) is 6.08 Å². The number of rotatable bonds is 41. The summed E-state index contributed by atoms with van der Waals surface area (Å²) in [4.78, 5) is 25.3.